The van der Waals surface area contributed by atoms with E-state index in [1.165, 1.54) is 6.07 Å². The molecule has 5 atom stereocenters. The Morgan fingerprint density at radius 2 is 1.93 bits per heavy atom. The first-order valence-corrected chi connectivity index (χ1v) is 10.6. The molecule has 4 rings (SSSR count). The molecular weight excluding hydrogens is 370 g/mol. The number of fused-ring (bicyclic) bond motifs is 2. The van der Waals surface area contributed by atoms with Gasteiger partial charge >= 0.3 is 5.63 Å². The van der Waals surface area contributed by atoms with Crippen LogP contribution in [0.1, 0.15) is 50.7 Å². The monoisotopic (exact) mass is 399 g/mol. The van der Waals surface area contributed by atoms with E-state index >= 15 is 0 Å². The number of hydrogen-bond donors (Lipinski definition) is 2. The molecule has 2 fully saturated rings. The number of rotatable bonds is 5. The van der Waals surface area contributed by atoms with Gasteiger partial charge in [0.05, 0.1) is 11.5 Å². The lowest BCUT2D eigenvalue weighted by Crippen LogP contribution is -2.41. The maximum Gasteiger partial charge on any atom is 0.336 e. The van der Waals surface area contributed by atoms with E-state index in [-0.39, 0.29) is 23.7 Å². The SMILES string of the molecule is CCc1cc(=O)oc2cc(C)cc(OC(C)C(=O)NC3C[C@H]4CC(O)C[C@H]4C3)c12. The Balaban J connectivity index is 1.49. The van der Waals surface area contributed by atoms with Crippen molar-refractivity contribution in [2.75, 3.05) is 0 Å². The zero-order chi connectivity index (χ0) is 20.7. The van der Waals surface area contributed by atoms with E-state index in [0.29, 0.717) is 29.6 Å². The van der Waals surface area contributed by atoms with Crippen molar-refractivity contribution in [3.8, 4) is 5.75 Å². The topological polar surface area (TPSA) is 88.8 Å². The predicted octanol–water partition coefficient (Wildman–Crippen LogP) is 3.10. The van der Waals surface area contributed by atoms with Crippen LogP contribution in [-0.2, 0) is 11.2 Å². The second-order valence-electron chi connectivity index (χ2n) is 8.66. The van der Waals surface area contributed by atoms with Gasteiger partial charge in [-0.25, -0.2) is 4.79 Å². The summed E-state index contributed by atoms with van der Waals surface area (Å²) in [4.78, 5) is 24.6. The van der Waals surface area contributed by atoms with Crippen molar-refractivity contribution in [2.24, 2.45) is 11.8 Å². The highest BCUT2D eigenvalue weighted by Gasteiger charge is 2.41. The van der Waals surface area contributed by atoms with Crippen molar-refractivity contribution < 1.29 is 19.1 Å². The van der Waals surface area contributed by atoms with Crippen molar-refractivity contribution in [1.29, 1.82) is 0 Å². The van der Waals surface area contributed by atoms with Crippen LogP contribution in [0.25, 0.3) is 11.0 Å². The third-order valence-electron chi connectivity index (χ3n) is 6.43. The van der Waals surface area contributed by atoms with Gasteiger partial charge in [-0.2, -0.15) is 0 Å². The lowest BCUT2D eigenvalue weighted by atomic mass is 10.0. The molecule has 1 heterocycles. The van der Waals surface area contributed by atoms with Crippen LogP contribution in [0.5, 0.6) is 5.75 Å². The van der Waals surface area contributed by atoms with E-state index in [9.17, 15) is 14.7 Å². The molecule has 29 heavy (non-hydrogen) atoms. The fourth-order valence-corrected chi connectivity index (χ4v) is 5.11. The molecule has 0 saturated heterocycles. The van der Waals surface area contributed by atoms with E-state index in [4.69, 9.17) is 9.15 Å². The highest BCUT2D eigenvalue weighted by molar-refractivity contribution is 5.88. The molecule has 1 amide bonds. The Labute approximate surface area is 170 Å². The van der Waals surface area contributed by atoms with Gasteiger partial charge in [-0.1, -0.05) is 6.92 Å². The molecular formula is C23H29NO5. The maximum atomic E-state index is 12.8. The van der Waals surface area contributed by atoms with Crippen LogP contribution < -0.4 is 15.7 Å². The van der Waals surface area contributed by atoms with Crippen LogP contribution in [0.15, 0.2) is 27.4 Å². The third-order valence-corrected chi connectivity index (χ3v) is 6.43. The quantitative estimate of drug-likeness (QED) is 0.754. The molecule has 2 aromatic rings. The number of aryl methyl sites for hydroxylation is 2. The number of amides is 1. The maximum absolute atomic E-state index is 12.8. The van der Waals surface area contributed by atoms with Gasteiger partial charge in [0.1, 0.15) is 11.3 Å². The molecule has 3 unspecified atom stereocenters. The minimum absolute atomic E-state index is 0.138. The average Bonchev–Trinajstić information content (AvgIpc) is 3.16. The molecule has 6 nitrogen and oxygen atoms in total. The van der Waals surface area contributed by atoms with Gasteiger partial charge in [-0.15, -0.1) is 0 Å². The summed E-state index contributed by atoms with van der Waals surface area (Å²) in [6.07, 6.45) is 3.39. The first kappa shape index (κ1) is 20.0. The van der Waals surface area contributed by atoms with Crippen LogP contribution in [0.2, 0.25) is 0 Å². The van der Waals surface area contributed by atoms with Gasteiger partial charge in [-0.05, 0) is 81.0 Å². The number of benzene rings is 1. The summed E-state index contributed by atoms with van der Waals surface area (Å²) in [5.41, 5.74) is 1.85. The summed E-state index contributed by atoms with van der Waals surface area (Å²) < 4.78 is 11.4. The lowest BCUT2D eigenvalue weighted by molar-refractivity contribution is -0.127. The van der Waals surface area contributed by atoms with Crippen LogP contribution in [0, 0.1) is 18.8 Å². The summed E-state index contributed by atoms with van der Waals surface area (Å²) in [6, 6.07) is 5.34. The van der Waals surface area contributed by atoms with Gasteiger partial charge < -0.3 is 19.6 Å². The predicted molar refractivity (Wildman–Crippen MR) is 110 cm³/mol. The zero-order valence-electron chi connectivity index (χ0n) is 17.2. The third kappa shape index (κ3) is 4.04. The highest BCUT2D eigenvalue weighted by atomic mass is 16.5. The highest BCUT2D eigenvalue weighted by Crippen LogP contribution is 2.44. The summed E-state index contributed by atoms with van der Waals surface area (Å²) >= 11 is 0. The number of hydrogen-bond acceptors (Lipinski definition) is 5. The first-order valence-electron chi connectivity index (χ1n) is 10.6. The second-order valence-corrected chi connectivity index (χ2v) is 8.66. The molecule has 1 aromatic heterocycles. The Kier molecular flexibility index (Phi) is 5.38. The van der Waals surface area contributed by atoms with Crippen molar-refractivity contribution >= 4 is 16.9 Å². The van der Waals surface area contributed by atoms with Gasteiger partial charge in [-0.3, -0.25) is 4.79 Å². The number of aliphatic hydroxyl groups is 1. The normalized spacial score (nSPS) is 27.0. The van der Waals surface area contributed by atoms with Crippen LogP contribution in [0.3, 0.4) is 0 Å². The van der Waals surface area contributed by atoms with E-state index < -0.39 is 6.10 Å². The number of aliphatic hydroxyl groups excluding tert-OH is 1. The number of ether oxygens (including phenoxy) is 1. The Bertz CT molecular complexity index is 967. The lowest BCUT2D eigenvalue weighted by Gasteiger charge is -2.20. The number of carbonyl (C=O) groups is 1. The molecule has 2 aliphatic carbocycles. The van der Waals surface area contributed by atoms with E-state index in [1.807, 2.05) is 26.0 Å². The Morgan fingerprint density at radius 3 is 2.59 bits per heavy atom. The molecule has 0 radical (unpaired) electrons. The zero-order valence-corrected chi connectivity index (χ0v) is 17.2. The van der Waals surface area contributed by atoms with Crippen LogP contribution >= 0.6 is 0 Å². The Hall–Kier alpha value is -2.34. The van der Waals surface area contributed by atoms with E-state index in [1.54, 1.807) is 6.92 Å². The number of carbonyl (C=O) groups excluding carboxylic acids is 1. The van der Waals surface area contributed by atoms with Gasteiger partial charge in [0, 0.05) is 12.1 Å². The second kappa shape index (κ2) is 7.82. The fraction of sp³-hybridized carbons (Fsp3) is 0.565. The minimum atomic E-state index is -0.664. The summed E-state index contributed by atoms with van der Waals surface area (Å²) in [7, 11) is 0. The van der Waals surface area contributed by atoms with Gasteiger partial charge in [0.25, 0.3) is 5.91 Å². The molecule has 0 bridgehead atoms. The molecule has 6 heteroatoms. The van der Waals surface area contributed by atoms with Crippen LogP contribution in [-0.4, -0.2) is 29.3 Å². The van der Waals surface area contributed by atoms with E-state index in [2.05, 4.69) is 5.32 Å². The molecule has 2 saturated carbocycles. The average molecular weight is 399 g/mol. The molecule has 1 aromatic carbocycles. The smallest absolute Gasteiger partial charge is 0.336 e. The van der Waals surface area contributed by atoms with Crippen molar-refractivity contribution in [3.63, 3.8) is 0 Å². The van der Waals surface area contributed by atoms with Crippen LogP contribution in [0.4, 0.5) is 0 Å². The van der Waals surface area contributed by atoms with Gasteiger partial charge in [0.15, 0.2) is 6.10 Å². The molecule has 2 N–H and O–H groups in total. The summed E-state index contributed by atoms with van der Waals surface area (Å²) in [6.45, 7) is 5.62. The minimum Gasteiger partial charge on any atom is -0.480 e. The number of nitrogens with one attached hydrogen (secondary N) is 1. The summed E-state index contributed by atoms with van der Waals surface area (Å²) in [5.74, 6) is 1.46. The first-order chi connectivity index (χ1) is 13.8. The Morgan fingerprint density at radius 1 is 1.24 bits per heavy atom. The molecule has 0 aliphatic heterocycles. The van der Waals surface area contributed by atoms with Crippen molar-refractivity contribution in [2.45, 2.75) is 71.1 Å². The summed E-state index contributed by atoms with van der Waals surface area (Å²) in [5, 5.41) is 13.7. The fourth-order valence-electron chi connectivity index (χ4n) is 5.11. The van der Waals surface area contributed by atoms with Gasteiger partial charge in [0.2, 0.25) is 0 Å². The largest absolute Gasteiger partial charge is 0.480 e. The van der Waals surface area contributed by atoms with Crippen molar-refractivity contribution in [3.05, 3.63) is 39.7 Å². The standard InChI is InChI=1S/C23H29NO5/c1-4-14-11-21(26)29-20-6-12(2)5-19(22(14)20)28-13(3)23(27)24-17-7-15-9-18(25)10-16(15)8-17/h5-6,11,13,15-18,25H,4,7-10H2,1-3H3,(H,24,27)/t13?,15-,16+,17?,18?. The molecule has 0 spiro atoms. The van der Waals surface area contributed by atoms with E-state index in [0.717, 1.165) is 42.2 Å². The molecule has 156 valence electrons. The molecule has 2 aliphatic rings. The van der Waals surface area contributed by atoms with Crippen molar-refractivity contribution in [1.82, 2.24) is 5.32 Å².